The summed E-state index contributed by atoms with van der Waals surface area (Å²) >= 11 is 4.51. The summed E-state index contributed by atoms with van der Waals surface area (Å²) in [6.07, 6.45) is 1.69. The first-order valence-electron chi connectivity index (χ1n) is 2.57. The Labute approximate surface area is 71.3 Å². The van der Waals surface area contributed by atoms with E-state index >= 15 is 0 Å². The zero-order valence-corrected chi connectivity index (χ0v) is 7.66. The Bertz CT molecular complexity index is 174. The van der Waals surface area contributed by atoms with Gasteiger partial charge in [-0.05, 0) is 21.3 Å². The average Bonchev–Trinajstić information content (AvgIpc) is 2.36. The molecule has 0 saturated heterocycles. The van der Waals surface area contributed by atoms with E-state index in [-0.39, 0.29) is 5.97 Å². The van der Waals surface area contributed by atoms with E-state index in [0.29, 0.717) is 0 Å². The Kier molecular flexibility index (Phi) is 2.25. The quantitative estimate of drug-likeness (QED) is 0.410. The first-order chi connectivity index (χ1) is 4.69. The molecular formula is C5H6BrNO2S. The van der Waals surface area contributed by atoms with Crippen LogP contribution in [-0.2, 0) is 9.53 Å². The number of esters is 1. The molecule has 1 atom stereocenters. The summed E-state index contributed by atoms with van der Waals surface area (Å²) in [4.78, 5) is 10.9. The molecule has 1 unspecified atom stereocenters. The van der Waals surface area contributed by atoms with Crippen molar-refractivity contribution in [2.24, 2.45) is 0 Å². The molecule has 1 heterocycles. The minimum atomic E-state index is -0.790. The molecule has 56 valence electrons. The Morgan fingerprint density at radius 3 is 3.00 bits per heavy atom. The van der Waals surface area contributed by atoms with Crippen molar-refractivity contribution in [1.82, 2.24) is 5.32 Å². The summed E-state index contributed by atoms with van der Waals surface area (Å²) in [6.45, 7) is 0. The predicted octanol–water partition coefficient (Wildman–Crippen LogP) is 1.02. The number of carbonyl (C=O) groups excluding carboxylic acids is 1. The highest BCUT2D eigenvalue weighted by Gasteiger charge is 2.38. The van der Waals surface area contributed by atoms with E-state index in [1.165, 1.54) is 18.9 Å². The number of hydrogen-bond donors (Lipinski definition) is 1. The number of methoxy groups -OCH3 is 1. The monoisotopic (exact) mass is 223 g/mol. The molecule has 3 nitrogen and oxygen atoms in total. The first kappa shape index (κ1) is 7.94. The number of carbonyl (C=O) groups is 1. The lowest BCUT2D eigenvalue weighted by molar-refractivity contribution is -0.141. The molecule has 0 aromatic carbocycles. The van der Waals surface area contributed by atoms with Gasteiger partial charge in [0.25, 0.3) is 0 Å². The van der Waals surface area contributed by atoms with Gasteiger partial charge in [0, 0.05) is 6.20 Å². The van der Waals surface area contributed by atoms with E-state index < -0.39 is 3.78 Å². The van der Waals surface area contributed by atoms with Crippen molar-refractivity contribution in [3.63, 3.8) is 0 Å². The third kappa shape index (κ3) is 1.29. The highest BCUT2D eigenvalue weighted by atomic mass is 79.9. The molecule has 0 aromatic rings. The van der Waals surface area contributed by atoms with Gasteiger partial charge in [0.2, 0.25) is 3.78 Å². The molecule has 5 heteroatoms. The smallest absolute Gasteiger partial charge is 0.354 e. The normalized spacial score (nSPS) is 29.8. The molecule has 0 amide bonds. The fraction of sp³-hybridized carbons (Fsp3) is 0.400. The van der Waals surface area contributed by atoms with Gasteiger partial charge in [-0.15, -0.1) is 0 Å². The van der Waals surface area contributed by atoms with Crippen molar-refractivity contribution in [2.75, 3.05) is 7.11 Å². The maximum atomic E-state index is 10.9. The van der Waals surface area contributed by atoms with E-state index in [9.17, 15) is 4.79 Å². The van der Waals surface area contributed by atoms with Crippen molar-refractivity contribution in [3.05, 3.63) is 11.6 Å². The van der Waals surface area contributed by atoms with Gasteiger partial charge in [-0.2, -0.15) is 0 Å². The molecule has 1 aliphatic heterocycles. The second kappa shape index (κ2) is 2.84. The summed E-state index contributed by atoms with van der Waals surface area (Å²) < 4.78 is 3.74. The second-order valence-electron chi connectivity index (χ2n) is 1.65. The standard InChI is InChI=1S/C5H6BrNO2S/c1-9-4(8)5(6)7-2-3-10-5/h2-3,7H,1H3. The molecule has 0 radical (unpaired) electrons. The Morgan fingerprint density at radius 1 is 1.90 bits per heavy atom. The summed E-state index contributed by atoms with van der Waals surface area (Å²) in [5.74, 6) is -0.331. The molecule has 0 aromatic heterocycles. The summed E-state index contributed by atoms with van der Waals surface area (Å²) in [5, 5.41) is 4.59. The highest BCUT2D eigenvalue weighted by Crippen LogP contribution is 2.35. The number of halogens is 1. The van der Waals surface area contributed by atoms with Crippen LogP contribution in [0.5, 0.6) is 0 Å². The van der Waals surface area contributed by atoms with Crippen molar-refractivity contribution in [2.45, 2.75) is 3.78 Å². The summed E-state index contributed by atoms with van der Waals surface area (Å²) in [7, 11) is 1.35. The van der Waals surface area contributed by atoms with Gasteiger partial charge >= 0.3 is 5.97 Å². The number of alkyl halides is 1. The Balaban J connectivity index is 2.61. The van der Waals surface area contributed by atoms with Crippen molar-refractivity contribution in [1.29, 1.82) is 0 Å². The maximum Gasteiger partial charge on any atom is 0.354 e. The lowest BCUT2D eigenvalue weighted by atomic mass is 10.6. The topological polar surface area (TPSA) is 38.3 Å². The SMILES string of the molecule is COC(=O)C1(Br)NC=CS1. The third-order valence-electron chi connectivity index (χ3n) is 1.02. The zero-order chi connectivity index (χ0) is 7.61. The van der Waals surface area contributed by atoms with E-state index in [1.54, 1.807) is 11.6 Å². The van der Waals surface area contributed by atoms with Crippen LogP contribution >= 0.6 is 27.7 Å². The van der Waals surface area contributed by atoms with Gasteiger partial charge in [-0.3, -0.25) is 0 Å². The lowest BCUT2D eigenvalue weighted by Crippen LogP contribution is -2.38. The third-order valence-corrected chi connectivity index (χ3v) is 3.01. The second-order valence-corrected chi connectivity index (χ2v) is 4.49. The van der Waals surface area contributed by atoms with Crippen LogP contribution in [0, 0.1) is 0 Å². The molecule has 0 aliphatic carbocycles. The van der Waals surface area contributed by atoms with E-state index in [0.717, 1.165) is 0 Å². The molecule has 1 aliphatic rings. The van der Waals surface area contributed by atoms with Gasteiger partial charge < -0.3 is 10.1 Å². The minimum absolute atomic E-state index is 0.331. The lowest BCUT2D eigenvalue weighted by Gasteiger charge is -2.17. The Hall–Kier alpha value is -0.160. The van der Waals surface area contributed by atoms with Crippen LogP contribution in [0.1, 0.15) is 0 Å². The zero-order valence-electron chi connectivity index (χ0n) is 5.26. The van der Waals surface area contributed by atoms with Gasteiger partial charge in [0.15, 0.2) is 0 Å². The van der Waals surface area contributed by atoms with Crippen LogP contribution in [0.4, 0.5) is 0 Å². The number of nitrogens with one attached hydrogen (secondary N) is 1. The predicted molar refractivity (Wildman–Crippen MR) is 43.5 cm³/mol. The first-order valence-corrected chi connectivity index (χ1v) is 4.24. The van der Waals surface area contributed by atoms with E-state index in [2.05, 4.69) is 26.0 Å². The molecule has 0 spiro atoms. The molecule has 0 saturated carbocycles. The fourth-order valence-corrected chi connectivity index (χ4v) is 1.80. The summed E-state index contributed by atoms with van der Waals surface area (Å²) in [5.41, 5.74) is 0. The van der Waals surface area contributed by atoms with Crippen LogP contribution in [0.2, 0.25) is 0 Å². The van der Waals surface area contributed by atoms with Crippen LogP contribution in [0.15, 0.2) is 11.6 Å². The van der Waals surface area contributed by atoms with Gasteiger partial charge in [0.1, 0.15) is 0 Å². The van der Waals surface area contributed by atoms with Crippen LogP contribution in [-0.4, -0.2) is 16.9 Å². The molecular weight excluding hydrogens is 218 g/mol. The van der Waals surface area contributed by atoms with E-state index in [4.69, 9.17) is 0 Å². The minimum Gasteiger partial charge on any atom is -0.466 e. The van der Waals surface area contributed by atoms with Crippen LogP contribution < -0.4 is 5.32 Å². The van der Waals surface area contributed by atoms with Crippen LogP contribution in [0.3, 0.4) is 0 Å². The summed E-state index contributed by atoms with van der Waals surface area (Å²) in [6, 6.07) is 0. The van der Waals surface area contributed by atoms with Crippen LogP contribution in [0.25, 0.3) is 0 Å². The molecule has 0 fully saturated rings. The molecule has 0 bridgehead atoms. The molecule has 1 N–H and O–H groups in total. The molecule has 10 heavy (non-hydrogen) atoms. The molecule has 1 rings (SSSR count). The number of thioether (sulfide) groups is 1. The van der Waals surface area contributed by atoms with Gasteiger partial charge in [0.05, 0.1) is 7.11 Å². The Morgan fingerprint density at radius 2 is 2.60 bits per heavy atom. The number of rotatable bonds is 1. The maximum absolute atomic E-state index is 10.9. The highest BCUT2D eigenvalue weighted by molar-refractivity contribution is 9.12. The fourth-order valence-electron chi connectivity index (χ4n) is 0.541. The van der Waals surface area contributed by atoms with E-state index in [1.807, 2.05) is 0 Å². The van der Waals surface area contributed by atoms with Gasteiger partial charge in [-0.1, -0.05) is 11.8 Å². The number of ether oxygens (including phenoxy) is 1. The largest absolute Gasteiger partial charge is 0.466 e. The number of hydrogen-bond acceptors (Lipinski definition) is 4. The van der Waals surface area contributed by atoms with Crippen molar-refractivity contribution in [3.8, 4) is 0 Å². The van der Waals surface area contributed by atoms with Crippen molar-refractivity contribution < 1.29 is 9.53 Å². The van der Waals surface area contributed by atoms with Crippen molar-refractivity contribution >= 4 is 33.7 Å². The van der Waals surface area contributed by atoms with Gasteiger partial charge in [-0.25, -0.2) is 4.79 Å². The average molecular weight is 224 g/mol.